The topological polar surface area (TPSA) is 111 Å². The molecule has 2 heterocycles. The van der Waals surface area contributed by atoms with Crippen LogP contribution in [0.3, 0.4) is 0 Å². The van der Waals surface area contributed by atoms with Crippen LogP contribution < -0.4 is 5.49 Å². The van der Waals surface area contributed by atoms with Crippen molar-refractivity contribution < 1.29 is 4.79 Å². The van der Waals surface area contributed by atoms with E-state index in [4.69, 9.17) is 17.6 Å². The summed E-state index contributed by atoms with van der Waals surface area (Å²) in [7, 11) is 0. The van der Waals surface area contributed by atoms with Crippen LogP contribution in [0.25, 0.3) is 10.7 Å². The summed E-state index contributed by atoms with van der Waals surface area (Å²) < 4.78 is 2.92. The third kappa shape index (κ3) is 3.09. The number of hydrogen-bond donors (Lipinski definition) is 1. The number of carbonyl (C=O) groups is 1. The summed E-state index contributed by atoms with van der Waals surface area (Å²) in [6.07, 6.45) is 1.00. The first kappa shape index (κ1) is 19.9. The molecule has 0 saturated heterocycles. The van der Waals surface area contributed by atoms with Gasteiger partial charge >= 0.3 is 0 Å². The Bertz CT molecular complexity index is 1400. The number of benzene rings is 1. The van der Waals surface area contributed by atoms with E-state index in [0.29, 0.717) is 39.5 Å². The molecular formula is C21H16N6OS2. The molecule has 1 aliphatic rings. The van der Waals surface area contributed by atoms with Crippen LogP contribution in [0.15, 0.2) is 30.3 Å². The van der Waals surface area contributed by atoms with Crippen molar-refractivity contribution >= 4 is 29.3 Å². The fourth-order valence-electron chi connectivity index (χ4n) is 3.68. The third-order valence-electron chi connectivity index (χ3n) is 4.98. The zero-order chi connectivity index (χ0) is 21.6. The van der Waals surface area contributed by atoms with E-state index in [1.807, 2.05) is 26.0 Å². The summed E-state index contributed by atoms with van der Waals surface area (Å²) in [4.78, 5) is 13.3. The minimum Gasteiger partial charge on any atom is -0.293 e. The lowest BCUT2D eigenvalue weighted by atomic mass is 9.75. The molecule has 1 N–H and O–H groups in total. The van der Waals surface area contributed by atoms with Gasteiger partial charge in [0.2, 0.25) is 10.5 Å². The number of para-hydroxylation sites is 1. The molecule has 4 rings (SSSR count). The van der Waals surface area contributed by atoms with Crippen molar-refractivity contribution in [1.82, 2.24) is 14.3 Å². The summed E-state index contributed by atoms with van der Waals surface area (Å²) in [5.74, 6) is -0.00549. The Balaban J connectivity index is 2.06. The van der Waals surface area contributed by atoms with Crippen LogP contribution in [-0.2, 0) is 6.42 Å². The standard InChI is InChI=1S/C21H16N6OS2/c1-21(2)8-13-14(10-22)19(30-17(13)16(28)9-21)27-20(29)26(12-6-4-3-5-7-12)18(24)15(11-23)25-27/h3-7,24H,8-9H2,1-2H3. The Morgan fingerprint density at radius 1 is 1.20 bits per heavy atom. The van der Waals surface area contributed by atoms with E-state index in [-0.39, 0.29) is 27.2 Å². The summed E-state index contributed by atoms with van der Waals surface area (Å²) in [5.41, 5.74) is 1.16. The quantitative estimate of drug-likeness (QED) is 0.619. The average Bonchev–Trinajstić information content (AvgIpc) is 3.06. The number of fused-ring (bicyclic) bond motifs is 1. The van der Waals surface area contributed by atoms with Gasteiger partial charge in [-0.15, -0.1) is 16.4 Å². The first-order valence-corrected chi connectivity index (χ1v) is 10.4. The van der Waals surface area contributed by atoms with Gasteiger partial charge in [0.1, 0.15) is 17.1 Å². The molecule has 148 valence electrons. The smallest absolute Gasteiger partial charge is 0.208 e. The first-order chi connectivity index (χ1) is 14.3. The number of nitrogens with one attached hydrogen (secondary N) is 1. The van der Waals surface area contributed by atoms with Crippen LogP contribution in [0, 0.1) is 38.3 Å². The second-order valence-electron chi connectivity index (χ2n) is 7.82. The Morgan fingerprint density at radius 2 is 1.90 bits per heavy atom. The van der Waals surface area contributed by atoms with Crippen LogP contribution in [-0.4, -0.2) is 20.1 Å². The molecule has 3 aromatic rings. The monoisotopic (exact) mass is 432 g/mol. The normalized spacial score (nSPS) is 14.6. The number of Topliss-reactive ketones (excluding diaryl/α,β-unsaturated/α-hetero) is 1. The molecule has 0 amide bonds. The van der Waals surface area contributed by atoms with Crippen molar-refractivity contribution in [2.45, 2.75) is 26.7 Å². The summed E-state index contributed by atoms with van der Waals surface area (Å²) in [5, 5.41) is 32.5. The number of carbonyl (C=O) groups excluding carboxylic acids is 1. The number of aromatic nitrogens is 3. The second kappa shape index (κ2) is 7.13. The third-order valence-corrected chi connectivity index (χ3v) is 6.59. The fraction of sp³-hybridized carbons (Fsp3) is 0.238. The van der Waals surface area contributed by atoms with E-state index in [1.54, 1.807) is 24.3 Å². The minimum absolute atomic E-state index is 0.00549. The molecule has 0 radical (unpaired) electrons. The maximum atomic E-state index is 12.7. The largest absolute Gasteiger partial charge is 0.293 e. The lowest BCUT2D eigenvalue weighted by molar-refractivity contribution is 0.0917. The Hall–Kier alpha value is -3.40. The number of thiophene rings is 1. The predicted molar refractivity (Wildman–Crippen MR) is 113 cm³/mol. The average molecular weight is 433 g/mol. The molecule has 0 saturated carbocycles. The minimum atomic E-state index is -0.240. The van der Waals surface area contributed by atoms with Crippen molar-refractivity contribution in [2.75, 3.05) is 0 Å². The van der Waals surface area contributed by atoms with Crippen molar-refractivity contribution in [2.24, 2.45) is 5.41 Å². The highest BCUT2D eigenvalue weighted by Gasteiger charge is 2.36. The maximum absolute atomic E-state index is 12.7. The molecule has 7 nitrogen and oxygen atoms in total. The van der Waals surface area contributed by atoms with Crippen LogP contribution >= 0.6 is 23.6 Å². The lowest BCUT2D eigenvalue weighted by Crippen LogP contribution is -2.28. The lowest BCUT2D eigenvalue weighted by Gasteiger charge is -2.28. The molecular weight excluding hydrogens is 416 g/mol. The van der Waals surface area contributed by atoms with Gasteiger partial charge < -0.3 is 0 Å². The highest BCUT2D eigenvalue weighted by atomic mass is 32.1. The van der Waals surface area contributed by atoms with Gasteiger partial charge in [0.15, 0.2) is 11.3 Å². The van der Waals surface area contributed by atoms with E-state index in [2.05, 4.69) is 11.2 Å². The molecule has 2 aromatic heterocycles. The highest BCUT2D eigenvalue weighted by Crippen LogP contribution is 2.42. The van der Waals surface area contributed by atoms with Crippen LogP contribution in [0.1, 0.15) is 46.8 Å². The summed E-state index contributed by atoms with van der Waals surface area (Å²) in [6, 6.07) is 13.1. The van der Waals surface area contributed by atoms with E-state index >= 15 is 0 Å². The molecule has 1 aromatic carbocycles. The fourth-order valence-corrected chi connectivity index (χ4v) is 5.22. The molecule has 0 atom stereocenters. The van der Waals surface area contributed by atoms with E-state index < -0.39 is 0 Å². The number of nitriles is 2. The van der Waals surface area contributed by atoms with Crippen molar-refractivity contribution in [3.05, 3.63) is 62.3 Å². The molecule has 0 fully saturated rings. The van der Waals surface area contributed by atoms with Gasteiger partial charge in [0.05, 0.1) is 10.4 Å². The molecule has 1 aliphatic carbocycles. The van der Waals surface area contributed by atoms with Crippen molar-refractivity contribution in [3.8, 4) is 22.8 Å². The van der Waals surface area contributed by atoms with E-state index in [0.717, 1.165) is 0 Å². The van der Waals surface area contributed by atoms with E-state index in [1.165, 1.54) is 20.6 Å². The first-order valence-electron chi connectivity index (χ1n) is 9.13. The van der Waals surface area contributed by atoms with Gasteiger partial charge in [0.25, 0.3) is 0 Å². The molecule has 9 heteroatoms. The summed E-state index contributed by atoms with van der Waals surface area (Å²) >= 11 is 6.79. The van der Waals surface area contributed by atoms with E-state index in [9.17, 15) is 15.3 Å². The zero-order valence-corrected chi connectivity index (χ0v) is 17.9. The molecule has 0 bridgehead atoms. The molecule has 30 heavy (non-hydrogen) atoms. The zero-order valence-electron chi connectivity index (χ0n) is 16.3. The van der Waals surface area contributed by atoms with Gasteiger partial charge in [0, 0.05) is 12.1 Å². The number of hydrogen-bond acceptors (Lipinski definition) is 7. The van der Waals surface area contributed by atoms with Crippen molar-refractivity contribution in [1.29, 1.82) is 15.9 Å². The van der Waals surface area contributed by atoms with Gasteiger partial charge in [-0.1, -0.05) is 32.0 Å². The van der Waals surface area contributed by atoms with Gasteiger partial charge in [-0.05, 0) is 41.7 Å². The number of rotatable bonds is 2. The highest BCUT2D eigenvalue weighted by molar-refractivity contribution is 7.71. The Morgan fingerprint density at radius 3 is 2.53 bits per heavy atom. The Kier molecular flexibility index (Phi) is 4.73. The Labute approximate surface area is 181 Å². The molecule has 0 unspecified atom stereocenters. The van der Waals surface area contributed by atoms with Gasteiger partial charge in [-0.3, -0.25) is 14.8 Å². The van der Waals surface area contributed by atoms with Crippen LogP contribution in [0.4, 0.5) is 0 Å². The van der Waals surface area contributed by atoms with Gasteiger partial charge in [-0.2, -0.15) is 15.2 Å². The summed E-state index contributed by atoms with van der Waals surface area (Å²) in [6.45, 7) is 4.00. The number of ketones is 1. The number of nitrogens with zero attached hydrogens (tertiary/aromatic N) is 5. The van der Waals surface area contributed by atoms with Crippen LogP contribution in [0.5, 0.6) is 0 Å². The van der Waals surface area contributed by atoms with Crippen LogP contribution in [0.2, 0.25) is 0 Å². The second-order valence-corrected chi connectivity index (χ2v) is 9.18. The van der Waals surface area contributed by atoms with Gasteiger partial charge in [-0.25, -0.2) is 0 Å². The van der Waals surface area contributed by atoms with Crippen molar-refractivity contribution in [3.63, 3.8) is 0 Å². The predicted octanol–water partition coefficient (Wildman–Crippen LogP) is 3.83. The SMILES string of the molecule is CC1(C)CC(=O)c2sc(-n3nc(C#N)c(=N)n(-c4ccccc4)c3=S)c(C#N)c2C1. The maximum Gasteiger partial charge on any atom is 0.208 e. The molecule has 0 aliphatic heterocycles. The molecule has 0 spiro atoms.